The standard InChI is InChI=1S/C70H53N3/c1-69(2)63-26-13-10-23-57(63)59-39-36-55(44-65(59)69)72(56-37-40-60-58-24-11-14-27-64(58)70(3,4)66(60)45-56)51-33-29-47(30-34-51)49-32-38-62-61-25-12-15-28-67(61)73(68(62)42-49)53-22-16-21-52(43-53)71(50-19-6-5-7-20-50)54-35-31-46-17-8-9-18-48(46)41-54/h5-45H,1-4H3. The normalized spacial score (nSPS) is 13.7. The molecule has 0 bridgehead atoms. The Morgan fingerprint density at radius 1 is 0.288 bits per heavy atom. The van der Waals surface area contributed by atoms with Crippen LogP contribution in [0.25, 0.3) is 71.6 Å². The molecule has 2 aliphatic carbocycles. The van der Waals surface area contributed by atoms with Gasteiger partial charge in [0.15, 0.2) is 0 Å². The van der Waals surface area contributed by atoms with Gasteiger partial charge in [-0.05, 0) is 157 Å². The van der Waals surface area contributed by atoms with Crippen LogP contribution < -0.4 is 9.80 Å². The van der Waals surface area contributed by atoms with Crippen LogP contribution >= 0.6 is 0 Å². The van der Waals surface area contributed by atoms with E-state index >= 15 is 0 Å². The number of fused-ring (bicyclic) bond motifs is 10. The minimum Gasteiger partial charge on any atom is -0.310 e. The fourth-order valence-electron chi connectivity index (χ4n) is 12.5. The molecule has 0 saturated carbocycles. The zero-order valence-electron chi connectivity index (χ0n) is 41.5. The van der Waals surface area contributed by atoms with Crippen molar-refractivity contribution < 1.29 is 0 Å². The van der Waals surface area contributed by atoms with Crippen LogP contribution in [0.5, 0.6) is 0 Å². The molecule has 12 aromatic rings. The van der Waals surface area contributed by atoms with Crippen molar-refractivity contribution in [2.24, 2.45) is 0 Å². The maximum absolute atomic E-state index is 2.47. The summed E-state index contributed by atoms with van der Waals surface area (Å²) in [6.07, 6.45) is 0. The summed E-state index contributed by atoms with van der Waals surface area (Å²) in [6, 6.07) is 92.1. The topological polar surface area (TPSA) is 11.4 Å². The molecule has 348 valence electrons. The molecule has 14 rings (SSSR count). The molecule has 11 aromatic carbocycles. The molecule has 1 heterocycles. The maximum Gasteiger partial charge on any atom is 0.0547 e. The second-order valence-corrected chi connectivity index (χ2v) is 21.0. The molecule has 0 atom stereocenters. The quantitative estimate of drug-likeness (QED) is 0.150. The van der Waals surface area contributed by atoms with Crippen LogP contribution in [0.1, 0.15) is 49.9 Å². The van der Waals surface area contributed by atoms with Gasteiger partial charge in [0.1, 0.15) is 0 Å². The van der Waals surface area contributed by atoms with Gasteiger partial charge in [-0.1, -0.05) is 185 Å². The smallest absolute Gasteiger partial charge is 0.0547 e. The summed E-state index contributed by atoms with van der Waals surface area (Å²) in [7, 11) is 0. The monoisotopic (exact) mass is 935 g/mol. The number of hydrogen-bond donors (Lipinski definition) is 0. The Kier molecular flexibility index (Phi) is 9.59. The third-order valence-electron chi connectivity index (χ3n) is 16.1. The lowest BCUT2D eigenvalue weighted by Crippen LogP contribution is -2.18. The van der Waals surface area contributed by atoms with E-state index in [9.17, 15) is 0 Å². The summed E-state index contributed by atoms with van der Waals surface area (Å²) < 4.78 is 2.44. The Hall–Kier alpha value is -8.92. The highest BCUT2D eigenvalue weighted by Gasteiger charge is 2.38. The first-order valence-corrected chi connectivity index (χ1v) is 25.6. The highest BCUT2D eigenvalue weighted by atomic mass is 15.1. The lowest BCUT2D eigenvalue weighted by Gasteiger charge is -2.30. The number of benzene rings is 11. The van der Waals surface area contributed by atoms with Crippen molar-refractivity contribution in [1.82, 2.24) is 4.57 Å². The molecule has 0 unspecified atom stereocenters. The fourth-order valence-corrected chi connectivity index (χ4v) is 12.5. The Morgan fingerprint density at radius 2 is 0.767 bits per heavy atom. The van der Waals surface area contributed by atoms with E-state index in [-0.39, 0.29) is 10.8 Å². The highest BCUT2D eigenvalue weighted by molar-refractivity contribution is 6.10. The third-order valence-corrected chi connectivity index (χ3v) is 16.1. The van der Waals surface area contributed by atoms with Crippen molar-refractivity contribution in [3.63, 3.8) is 0 Å². The van der Waals surface area contributed by atoms with Gasteiger partial charge in [0.25, 0.3) is 0 Å². The Bertz CT molecular complexity index is 4050. The summed E-state index contributed by atoms with van der Waals surface area (Å²) in [6.45, 7) is 9.48. The van der Waals surface area contributed by atoms with Gasteiger partial charge in [-0.25, -0.2) is 0 Å². The van der Waals surface area contributed by atoms with Crippen molar-refractivity contribution >= 4 is 66.7 Å². The second kappa shape index (κ2) is 16.3. The van der Waals surface area contributed by atoms with Gasteiger partial charge in [0, 0.05) is 61.4 Å². The molecule has 0 amide bonds. The molecule has 0 spiro atoms. The van der Waals surface area contributed by atoms with E-state index in [4.69, 9.17) is 0 Å². The number of hydrogen-bond acceptors (Lipinski definition) is 2. The summed E-state index contributed by atoms with van der Waals surface area (Å²) in [5.74, 6) is 0. The summed E-state index contributed by atoms with van der Waals surface area (Å²) in [4.78, 5) is 4.83. The molecule has 0 fully saturated rings. The molecule has 2 aliphatic rings. The average molecular weight is 936 g/mol. The van der Waals surface area contributed by atoms with Crippen molar-refractivity contribution in [1.29, 1.82) is 0 Å². The van der Waals surface area contributed by atoms with Crippen LogP contribution in [0.4, 0.5) is 34.1 Å². The predicted molar refractivity (Wildman–Crippen MR) is 308 cm³/mol. The average Bonchev–Trinajstić information content (AvgIpc) is 3.99. The first kappa shape index (κ1) is 42.9. The van der Waals surface area contributed by atoms with Crippen LogP contribution in [0.2, 0.25) is 0 Å². The number of rotatable bonds is 8. The fraction of sp³-hybridized carbons (Fsp3) is 0.0857. The maximum atomic E-state index is 2.47. The van der Waals surface area contributed by atoms with Gasteiger partial charge in [-0.2, -0.15) is 0 Å². The van der Waals surface area contributed by atoms with Crippen molar-refractivity contribution in [3.05, 3.63) is 271 Å². The molecule has 3 nitrogen and oxygen atoms in total. The van der Waals surface area contributed by atoms with Crippen LogP contribution in [0, 0.1) is 0 Å². The van der Waals surface area contributed by atoms with Gasteiger partial charge in [-0.15, -0.1) is 0 Å². The number of anilines is 6. The molecular formula is C70H53N3. The van der Waals surface area contributed by atoms with E-state index in [2.05, 4.69) is 291 Å². The molecular weight excluding hydrogens is 883 g/mol. The van der Waals surface area contributed by atoms with E-state index in [1.54, 1.807) is 0 Å². The van der Waals surface area contributed by atoms with E-state index in [1.165, 1.54) is 88.2 Å². The van der Waals surface area contributed by atoms with E-state index in [1.807, 2.05) is 0 Å². The van der Waals surface area contributed by atoms with Crippen LogP contribution in [0.3, 0.4) is 0 Å². The van der Waals surface area contributed by atoms with Crippen LogP contribution in [0.15, 0.2) is 249 Å². The van der Waals surface area contributed by atoms with Gasteiger partial charge in [-0.3, -0.25) is 0 Å². The lowest BCUT2D eigenvalue weighted by atomic mass is 9.82. The van der Waals surface area contributed by atoms with Crippen LogP contribution in [-0.4, -0.2) is 4.57 Å². The summed E-state index contributed by atoms with van der Waals surface area (Å²) >= 11 is 0. The van der Waals surface area contributed by atoms with Crippen molar-refractivity contribution in [3.8, 4) is 39.1 Å². The molecule has 0 N–H and O–H groups in total. The van der Waals surface area contributed by atoms with E-state index in [0.717, 1.165) is 39.8 Å². The third kappa shape index (κ3) is 6.72. The van der Waals surface area contributed by atoms with Gasteiger partial charge < -0.3 is 14.4 Å². The predicted octanol–water partition coefficient (Wildman–Crippen LogP) is 19.2. The SMILES string of the molecule is CC1(C)c2ccccc2-c2ccc(N(c3ccc(-c4ccc5c6ccccc6n(-c6cccc(N(c7ccccc7)c7ccc8ccccc8c7)c6)c5c4)cc3)c3ccc4c(c3)C(C)(C)c3ccccc3-4)cc21. The highest BCUT2D eigenvalue weighted by Crippen LogP contribution is 2.53. The Morgan fingerprint density at radius 3 is 1.45 bits per heavy atom. The number of aromatic nitrogens is 1. The lowest BCUT2D eigenvalue weighted by molar-refractivity contribution is 0.660. The molecule has 0 saturated heterocycles. The zero-order valence-corrected chi connectivity index (χ0v) is 41.5. The van der Waals surface area contributed by atoms with Crippen molar-refractivity contribution in [2.75, 3.05) is 9.80 Å². The molecule has 1 aromatic heterocycles. The minimum atomic E-state index is -0.125. The zero-order chi connectivity index (χ0) is 49.0. The Balaban J connectivity index is 0.880. The summed E-state index contributed by atoms with van der Waals surface area (Å²) in [5, 5.41) is 4.90. The summed E-state index contributed by atoms with van der Waals surface area (Å²) in [5.41, 5.74) is 23.1. The first-order chi connectivity index (χ1) is 35.7. The minimum absolute atomic E-state index is 0.125. The van der Waals surface area contributed by atoms with E-state index in [0.29, 0.717) is 0 Å². The molecule has 73 heavy (non-hydrogen) atoms. The van der Waals surface area contributed by atoms with Gasteiger partial charge >= 0.3 is 0 Å². The van der Waals surface area contributed by atoms with Gasteiger partial charge in [0.05, 0.1) is 11.0 Å². The molecule has 0 aliphatic heterocycles. The molecule has 0 radical (unpaired) electrons. The largest absolute Gasteiger partial charge is 0.310 e. The van der Waals surface area contributed by atoms with Gasteiger partial charge in [0.2, 0.25) is 0 Å². The van der Waals surface area contributed by atoms with E-state index < -0.39 is 0 Å². The second-order valence-electron chi connectivity index (χ2n) is 21.0. The Labute approximate surface area is 427 Å². The first-order valence-electron chi connectivity index (χ1n) is 25.6. The molecule has 3 heteroatoms. The number of nitrogens with zero attached hydrogens (tertiary/aromatic N) is 3. The van der Waals surface area contributed by atoms with Crippen molar-refractivity contribution in [2.45, 2.75) is 38.5 Å². The van der Waals surface area contributed by atoms with Crippen LogP contribution in [-0.2, 0) is 10.8 Å². The number of para-hydroxylation sites is 2.